The van der Waals surface area contributed by atoms with Crippen molar-refractivity contribution in [1.82, 2.24) is 14.8 Å². The van der Waals surface area contributed by atoms with Gasteiger partial charge in [-0.1, -0.05) is 54.6 Å². The minimum atomic E-state index is -0.252. The topological polar surface area (TPSA) is 39.3 Å². The van der Waals surface area contributed by atoms with E-state index in [1.807, 2.05) is 56.7 Å². The molecule has 0 saturated carbocycles. The second-order valence-electron chi connectivity index (χ2n) is 7.02. The fraction of sp³-hybridized carbons (Fsp3) is 0.261. The monoisotopic (exact) mass is 361 g/mol. The van der Waals surface area contributed by atoms with Crippen molar-refractivity contribution in [2.45, 2.75) is 19.0 Å². The lowest BCUT2D eigenvalue weighted by Gasteiger charge is -2.32. The largest absolute Gasteiger partial charge is 0.361 e. The number of amides is 1. The molecule has 1 aromatic heterocycles. The third kappa shape index (κ3) is 4.47. The smallest absolute Gasteiger partial charge is 0.239 e. The number of H-pyrrole nitrogens is 1. The maximum atomic E-state index is 13.1. The number of hydrogen-bond donors (Lipinski definition) is 1. The van der Waals surface area contributed by atoms with E-state index in [1.54, 1.807) is 4.90 Å². The van der Waals surface area contributed by atoms with Gasteiger partial charge in [-0.3, -0.25) is 9.69 Å². The summed E-state index contributed by atoms with van der Waals surface area (Å²) < 4.78 is 0. The molecule has 0 aliphatic heterocycles. The predicted octanol–water partition coefficient (Wildman–Crippen LogP) is 3.86. The summed E-state index contributed by atoms with van der Waals surface area (Å²) in [6, 6.07) is 18.2. The first-order valence-corrected chi connectivity index (χ1v) is 9.25. The molecule has 1 N–H and O–H groups in total. The number of hydrogen-bond acceptors (Lipinski definition) is 2. The van der Waals surface area contributed by atoms with Crippen LogP contribution in [0.1, 0.15) is 11.1 Å². The highest BCUT2D eigenvalue weighted by Crippen LogP contribution is 2.22. The van der Waals surface area contributed by atoms with Gasteiger partial charge in [0.1, 0.15) is 0 Å². The van der Waals surface area contributed by atoms with E-state index >= 15 is 0 Å². The van der Waals surface area contributed by atoms with Crippen molar-refractivity contribution in [3.8, 4) is 0 Å². The van der Waals surface area contributed by atoms with Crippen LogP contribution in [-0.4, -0.2) is 47.4 Å². The molecule has 140 valence electrons. The van der Waals surface area contributed by atoms with Crippen LogP contribution in [0.4, 0.5) is 0 Å². The molecule has 1 amide bonds. The van der Waals surface area contributed by atoms with Gasteiger partial charge in [-0.05, 0) is 23.6 Å². The van der Waals surface area contributed by atoms with Crippen molar-refractivity contribution < 1.29 is 4.79 Å². The Morgan fingerprint density at radius 3 is 2.52 bits per heavy atom. The number of carbonyl (C=O) groups excluding carboxylic acids is 1. The molecule has 4 nitrogen and oxygen atoms in total. The molecule has 0 aliphatic rings. The quantitative estimate of drug-likeness (QED) is 0.619. The van der Waals surface area contributed by atoms with E-state index in [-0.39, 0.29) is 11.9 Å². The van der Waals surface area contributed by atoms with Crippen LogP contribution in [0.5, 0.6) is 0 Å². The number of aromatic nitrogens is 1. The van der Waals surface area contributed by atoms with Gasteiger partial charge in [0.2, 0.25) is 5.91 Å². The van der Waals surface area contributed by atoms with Crippen LogP contribution >= 0.6 is 0 Å². The van der Waals surface area contributed by atoms with Crippen molar-refractivity contribution >= 4 is 16.8 Å². The molecule has 3 aromatic rings. The molecule has 0 unspecified atom stereocenters. The van der Waals surface area contributed by atoms with Gasteiger partial charge in [-0.15, -0.1) is 6.58 Å². The molecule has 1 atom stereocenters. The molecule has 0 saturated heterocycles. The van der Waals surface area contributed by atoms with Gasteiger partial charge in [0.25, 0.3) is 0 Å². The molecule has 0 radical (unpaired) electrons. The number of likely N-dealkylation sites (N-methyl/N-ethyl adjacent to an activating group) is 1. The van der Waals surface area contributed by atoms with Gasteiger partial charge in [0, 0.05) is 44.3 Å². The van der Waals surface area contributed by atoms with Crippen LogP contribution in [0.25, 0.3) is 10.9 Å². The van der Waals surface area contributed by atoms with E-state index in [9.17, 15) is 4.79 Å². The van der Waals surface area contributed by atoms with E-state index in [0.717, 1.165) is 11.1 Å². The Morgan fingerprint density at radius 2 is 1.81 bits per heavy atom. The molecular weight excluding hydrogens is 334 g/mol. The Morgan fingerprint density at radius 1 is 1.11 bits per heavy atom. The summed E-state index contributed by atoms with van der Waals surface area (Å²) >= 11 is 0. The first-order chi connectivity index (χ1) is 13.1. The summed E-state index contributed by atoms with van der Waals surface area (Å²) in [7, 11) is 3.64. The van der Waals surface area contributed by atoms with Crippen LogP contribution in [0.3, 0.4) is 0 Å². The van der Waals surface area contributed by atoms with Gasteiger partial charge in [-0.25, -0.2) is 0 Å². The third-order valence-electron chi connectivity index (χ3n) is 4.85. The summed E-state index contributed by atoms with van der Waals surface area (Å²) in [5.74, 6) is 0.109. The number of benzene rings is 2. The standard InChI is InChI=1S/C23H27N3O/c1-4-14-26(17-18-10-6-5-7-11-18)22(23(27)25(2)3)15-19-16-24-21-13-9-8-12-20(19)21/h4-13,16,22,24H,1,14-15,17H2,2-3H3/t22-/m0/s1. The summed E-state index contributed by atoms with van der Waals surface area (Å²) in [5.41, 5.74) is 3.45. The fourth-order valence-corrected chi connectivity index (χ4v) is 3.47. The number of carbonyl (C=O) groups is 1. The molecule has 27 heavy (non-hydrogen) atoms. The second kappa shape index (κ2) is 8.69. The van der Waals surface area contributed by atoms with E-state index in [4.69, 9.17) is 0 Å². The highest BCUT2D eigenvalue weighted by molar-refractivity contribution is 5.86. The van der Waals surface area contributed by atoms with Gasteiger partial charge in [-0.2, -0.15) is 0 Å². The lowest BCUT2D eigenvalue weighted by Crippen LogP contribution is -2.47. The number of aromatic amines is 1. The van der Waals surface area contributed by atoms with Gasteiger partial charge in [0.05, 0.1) is 6.04 Å². The van der Waals surface area contributed by atoms with Crippen LogP contribution in [0, 0.1) is 0 Å². The highest BCUT2D eigenvalue weighted by atomic mass is 16.2. The zero-order chi connectivity index (χ0) is 19.2. The van der Waals surface area contributed by atoms with Crippen molar-refractivity contribution in [3.05, 3.63) is 84.6 Å². The maximum absolute atomic E-state index is 13.1. The average molecular weight is 361 g/mol. The molecule has 1 heterocycles. The van der Waals surface area contributed by atoms with Gasteiger partial charge in [0.15, 0.2) is 0 Å². The molecular formula is C23H27N3O. The molecule has 2 aromatic carbocycles. The predicted molar refractivity (Wildman–Crippen MR) is 112 cm³/mol. The SMILES string of the molecule is C=CCN(Cc1ccccc1)[C@@H](Cc1c[nH]c2ccccc12)C(=O)N(C)C. The number of nitrogens with one attached hydrogen (secondary N) is 1. The molecule has 0 spiro atoms. The van der Waals surface area contributed by atoms with Crippen LogP contribution in [0.15, 0.2) is 73.4 Å². The Hall–Kier alpha value is -2.85. The van der Waals surface area contributed by atoms with E-state index in [0.29, 0.717) is 19.5 Å². The fourth-order valence-electron chi connectivity index (χ4n) is 3.47. The van der Waals surface area contributed by atoms with Crippen molar-refractivity contribution in [2.24, 2.45) is 0 Å². The third-order valence-corrected chi connectivity index (χ3v) is 4.85. The van der Waals surface area contributed by atoms with Crippen LogP contribution in [-0.2, 0) is 17.8 Å². The zero-order valence-corrected chi connectivity index (χ0v) is 16.1. The van der Waals surface area contributed by atoms with Crippen molar-refractivity contribution in [1.29, 1.82) is 0 Å². The Kier molecular flexibility index (Phi) is 6.09. The number of rotatable bonds is 8. The van der Waals surface area contributed by atoms with Gasteiger partial charge < -0.3 is 9.88 Å². The normalized spacial score (nSPS) is 12.3. The maximum Gasteiger partial charge on any atom is 0.239 e. The molecule has 0 bridgehead atoms. The number of para-hydroxylation sites is 1. The molecule has 0 fully saturated rings. The molecule has 3 rings (SSSR count). The first-order valence-electron chi connectivity index (χ1n) is 9.25. The summed E-state index contributed by atoms with van der Waals surface area (Å²) in [6.07, 6.45) is 4.55. The van der Waals surface area contributed by atoms with Crippen LogP contribution in [0.2, 0.25) is 0 Å². The average Bonchev–Trinajstić information content (AvgIpc) is 3.09. The second-order valence-corrected chi connectivity index (χ2v) is 7.02. The van der Waals surface area contributed by atoms with Gasteiger partial charge >= 0.3 is 0 Å². The Bertz CT molecular complexity index is 898. The Balaban J connectivity index is 1.92. The summed E-state index contributed by atoms with van der Waals surface area (Å²) in [4.78, 5) is 20.3. The summed E-state index contributed by atoms with van der Waals surface area (Å²) in [5, 5.41) is 1.17. The minimum Gasteiger partial charge on any atom is -0.361 e. The van der Waals surface area contributed by atoms with Crippen molar-refractivity contribution in [2.75, 3.05) is 20.6 Å². The van der Waals surface area contributed by atoms with E-state index < -0.39 is 0 Å². The first kappa shape index (κ1) is 18.9. The van der Waals surface area contributed by atoms with Crippen LogP contribution < -0.4 is 0 Å². The lowest BCUT2D eigenvalue weighted by atomic mass is 10.0. The number of nitrogens with zero attached hydrogens (tertiary/aromatic N) is 2. The van der Waals surface area contributed by atoms with Crippen molar-refractivity contribution in [3.63, 3.8) is 0 Å². The minimum absolute atomic E-state index is 0.109. The molecule has 4 heteroatoms. The Labute approximate surface area is 161 Å². The zero-order valence-electron chi connectivity index (χ0n) is 16.1. The highest BCUT2D eigenvalue weighted by Gasteiger charge is 2.28. The van der Waals surface area contributed by atoms with E-state index in [1.165, 1.54) is 10.9 Å². The number of fused-ring (bicyclic) bond motifs is 1. The molecule has 0 aliphatic carbocycles. The summed E-state index contributed by atoms with van der Waals surface area (Å²) in [6.45, 7) is 5.26. The van der Waals surface area contributed by atoms with E-state index in [2.05, 4.69) is 40.7 Å². The lowest BCUT2D eigenvalue weighted by molar-refractivity contribution is -0.134.